The minimum atomic E-state index is -0.895. The fourth-order valence-electron chi connectivity index (χ4n) is 0.885. The van der Waals surface area contributed by atoms with E-state index in [1.54, 1.807) is 12.1 Å². The minimum Gasteiger partial charge on any atom is -0.481 e. The molecule has 2 nitrogen and oxygen atoms in total. The average Bonchev–Trinajstić information content (AvgIpc) is 1.98. The molecule has 0 fully saturated rings. The van der Waals surface area contributed by atoms with Crippen molar-refractivity contribution >= 4 is 51.8 Å². The van der Waals surface area contributed by atoms with Crippen LogP contribution in [0, 0.1) is 3.57 Å². The molecule has 5 heteroatoms. The van der Waals surface area contributed by atoms with Crippen LogP contribution in [0.4, 0.5) is 0 Å². The molecule has 0 atom stereocenters. The van der Waals surface area contributed by atoms with Gasteiger partial charge in [0.2, 0.25) is 0 Å². The lowest BCUT2D eigenvalue weighted by Crippen LogP contribution is -2.00. The van der Waals surface area contributed by atoms with Gasteiger partial charge in [-0.1, -0.05) is 23.2 Å². The molecule has 0 heterocycles. The number of hydrogen-bond donors (Lipinski definition) is 1. The van der Waals surface area contributed by atoms with Crippen molar-refractivity contribution in [3.05, 3.63) is 31.3 Å². The summed E-state index contributed by atoms with van der Waals surface area (Å²) in [6.07, 6.45) is -0.0592. The molecule has 0 saturated heterocycles. The van der Waals surface area contributed by atoms with Gasteiger partial charge in [0.15, 0.2) is 0 Å². The number of aliphatic carboxylic acids is 1. The predicted octanol–water partition coefficient (Wildman–Crippen LogP) is 3.23. The third kappa shape index (κ3) is 3.00. The highest BCUT2D eigenvalue weighted by molar-refractivity contribution is 14.1. The van der Waals surface area contributed by atoms with E-state index in [0.717, 1.165) is 3.57 Å². The Labute approximate surface area is 99.0 Å². The summed E-state index contributed by atoms with van der Waals surface area (Å²) in [5.41, 5.74) is 0.614. The fourth-order valence-corrected chi connectivity index (χ4v) is 1.73. The lowest BCUT2D eigenvalue weighted by Gasteiger charge is -2.02. The average molecular weight is 331 g/mol. The van der Waals surface area contributed by atoms with Crippen LogP contribution in [0.15, 0.2) is 12.1 Å². The van der Waals surface area contributed by atoms with Crippen molar-refractivity contribution in [2.24, 2.45) is 0 Å². The molecule has 1 rings (SSSR count). The summed E-state index contributed by atoms with van der Waals surface area (Å²) in [6, 6.07) is 3.23. The van der Waals surface area contributed by atoms with Crippen LogP contribution in [0.1, 0.15) is 5.56 Å². The Morgan fingerprint density at radius 3 is 2.23 bits per heavy atom. The Hall–Kier alpha value is -0.000000000000000167. The van der Waals surface area contributed by atoms with Gasteiger partial charge in [0.05, 0.1) is 20.0 Å². The molecule has 0 spiro atoms. The monoisotopic (exact) mass is 330 g/mol. The number of benzene rings is 1. The van der Waals surface area contributed by atoms with Crippen LogP contribution in [-0.2, 0) is 11.2 Å². The third-order valence-electron chi connectivity index (χ3n) is 1.40. The number of rotatable bonds is 2. The maximum Gasteiger partial charge on any atom is 0.307 e. The van der Waals surface area contributed by atoms with Gasteiger partial charge >= 0.3 is 5.97 Å². The molecule has 13 heavy (non-hydrogen) atoms. The Kier molecular flexibility index (Phi) is 3.82. The first kappa shape index (κ1) is 11.1. The van der Waals surface area contributed by atoms with Gasteiger partial charge in [-0.25, -0.2) is 0 Å². The van der Waals surface area contributed by atoms with Gasteiger partial charge in [-0.2, -0.15) is 0 Å². The predicted molar refractivity (Wildman–Crippen MR) is 60.5 cm³/mol. The Balaban J connectivity index is 3.06. The maximum atomic E-state index is 10.4. The number of hydrogen-bond acceptors (Lipinski definition) is 1. The molecule has 0 aromatic heterocycles. The zero-order valence-electron chi connectivity index (χ0n) is 6.35. The van der Waals surface area contributed by atoms with Crippen molar-refractivity contribution in [2.45, 2.75) is 6.42 Å². The molecule has 0 aliphatic rings. The summed E-state index contributed by atoms with van der Waals surface area (Å²) in [5, 5.41) is 9.51. The van der Waals surface area contributed by atoms with E-state index < -0.39 is 5.97 Å². The van der Waals surface area contributed by atoms with Gasteiger partial charge in [-0.15, -0.1) is 0 Å². The van der Waals surface area contributed by atoms with Crippen molar-refractivity contribution in [3.63, 3.8) is 0 Å². The minimum absolute atomic E-state index is 0.0592. The summed E-state index contributed by atoms with van der Waals surface area (Å²) < 4.78 is 0.745. The number of halogens is 3. The van der Waals surface area contributed by atoms with Crippen LogP contribution in [0.2, 0.25) is 10.0 Å². The Morgan fingerprint density at radius 1 is 1.38 bits per heavy atom. The zero-order valence-corrected chi connectivity index (χ0v) is 10.0. The number of carbonyl (C=O) groups is 1. The first-order chi connectivity index (χ1) is 6.00. The van der Waals surface area contributed by atoms with E-state index in [1.807, 2.05) is 22.6 Å². The first-order valence-corrected chi connectivity index (χ1v) is 5.19. The molecule has 0 radical (unpaired) electrons. The standard InChI is InChI=1S/C8H5Cl2IO2/c9-5-1-4(3-7(12)13)2-6(10)8(5)11/h1-2H,3H2,(H,12,13). The lowest BCUT2D eigenvalue weighted by molar-refractivity contribution is -0.136. The lowest BCUT2D eigenvalue weighted by atomic mass is 10.1. The zero-order chi connectivity index (χ0) is 10.0. The summed E-state index contributed by atoms with van der Waals surface area (Å²) in [6.45, 7) is 0. The number of carboxylic acids is 1. The van der Waals surface area contributed by atoms with Crippen molar-refractivity contribution in [3.8, 4) is 0 Å². The summed E-state index contributed by atoms with van der Waals surface area (Å²) in [4.78, 5) is 10.4. The molecule has 0 amide bonds. The van der Waals surface area contributed by atoms with Crippen molar-refractivity contribution < 1.29 is 9.90 Å². The van der Waals surface area contributed by atoms with E-state index in [0.29, 0.717) is 15.6 Å². The van der Waals surface area contributed by atoms with E-state index in [9.17, 15) is 4.79 Å². The van der Waals surface area contributed by atoms with Crippen LogP contribution in [0.3, 0.4) is 0 Å². The largest absolute Gasteiger partial charge is 0.481 e. The van der Waals surface area contributed by atoms with E-state index in [-0.39, 0.29) is 6.42 Å². The smallest absolute Gasteiger partial charge is 0.307 e. The SMILES string of the molecule is O=C(O)Cc1cc(Cl)c(I)c(Cl)c1. The van der Waals surface area contributed by atoms with E-state index in [1.165, 1.54) is 0 Å². The van der Waals surface area contributed by atoms with E-state index in [2.05, 4.69) is 0 Å². The molecule has 1 aromatic rings. The van der Waals surface area contributed by atoms with Crippen LogP contribution >= 0.6 is 45.8 Å². The van der Waals surface area contributed by atoms with Gasteiger partial charge in [0.1, 0.15) is 0 Å². The van der Waals surface area contributed by atoms with Crippen molar-refractivity contribution in [1.29, 1.82) is 0 Å². The van der Waals surface area contributed by atoms with Crippen LogP contribution in [0.25, 0.3) is 0 Å². The summed E-state index contributed by atoms with van der Waals surface area (Å²) >= 11 is 13.6. The van der Waals surface area contributed by atoms with Gasteiger partial charge < -0.3 is 5.11 Å². The molecule has 0 aliphatic heterocycles. The van der Waals surface area contributed by atoms with Gasteiger partial charge in [-0.05, 0) is 40.3 Å². The third-order valence-corrected chi connectivity index (χ3v) is 3.80. The normalized spacial score (nSPS) is 10.1. The van der Waals surface area contributed by atoms with Gasteiger partial charge in [0.25, 0.3) is 0 Å². The second kappa shape index (κ2) is 4.48. The molecule has 0 saturated carbocycles. The second-order valence-electron chi connectivity index (χ2n) is 2.44. The molecule has 0 unspecified atom stereocenters. The molecular weight excluding hydrogens is 326 g/mol. The van der Waals surface area contributed by atoms with Crippen molar-refractivity contribution in [2.75, 3.05) is 0 Å². The highest BCUT2D eigenvalue weighted by Gasteiger charge is 2.07. The highest BCUT2D eigenvalue weighted by atomic mass is 127. The topological polar surface area (TPSA) is 37.3 Å². The molecule has 0 aliphatic carbocycles. The van der Waals surface area contributed by atoms with Crippen LogP contribution in [-0.4, -0.2) is 11.1 Å². The first-order valence-electron chi connectivity index (χ1n) is 3.36. The number of carboxylic acid groups (broad SMARTS) is 1. The Morgan fingerprint density at radius 2 is 1.85 bits per heavy atom. The molecule has 1 N–H and O–H groups in total. The molecular formula is C8H5Cl2IO2. The summed E-state index contributed by atoms with van der Waals surface area (Å²) in [5.74, 6) is -0.895. The van der Waals surface area contributed by atoms with Gasteiger partial charge in [0, 0.05) is 0 Å². The quantitative estimate of drug-likeness (QED) is 0.667. The van der Waals surface area contributed by atoms with Crippen molar-refractivity contribution in [1.82, 2.24) is 0 Å². The molecule has 70 valence electrons. The highest BCUT2D eigenvalue weighted by Crippen LogP contribution is 2.28. The second-order valence-corrected chi connectivity index (χ2v) is 4.34. The molecule has 1 aromatic carbocycles. The fraction of sp³-hybridized carbons (Fsp3) is 0.125. The van der Waals surface area contributed by atoms with Crippen LogP contribution < -0.4 is 0 Å². The Bertz CT molecular complexity index is 329. The van der Waals surface area contributed by atoms with Gasteiger partial charge in [-0.3, -0.25) is 4.79 Å². The van der Waals surface area contributed by atoms with E-state index in [4.69, 9.17) is 28.3 Å². The maximum absolute atomic E-state index is 10.4. The molecule has 0 bridgehead atoms. The summed E-state index contributed by atoms with van der Waals surface area (Å²) in [7, 11) is 0. The van der Waals surface area contributed by atoms with E-state index >= 15 is 0 Å². The van der Waals surface area contributed by atoms with Crippen LogP contribution in [0.5, 0.6) is 0 Å².